The van der Waals surface area contributed by atoms with Crippen molar-refractivity contribution in [3.63, 3.8) is 0 Å². The molecular formula is C20H35Cl2N3O3. The van der Waals surface area contributed by atoms with Crippen molar-refractivity contribution in [1.29, 1.82) is 0 Å². The molecule has 1 aliphatic rings. The van der Waals surface area contributed by atoms with E-state index in [-0.39, 0.29) is 30.7 Å². The molecule has 28 heavy (non-hydrogen) atoms. The summed E-state index contributed by atoms with van der Waals surface area (Å²) < 4.78 is 11.3. The Morgan fingerprint density at radius 2 is 1.79 bits per heavy atom. The van der Waals surface area contributed by atoms with Gasteiger partial charge in [-0.1, -0.05) is 33.1 Å². The predicted molar refractivity (Wildman–Crippen MR) is 119 cm³/mol. The average Bonchev–Trinajstić information content (AvgIpc) is 2.66. The lowest BCUT2D eigenvalue weighted by Crippen LogP contribution is -2.52. The fraction of sp³-hybridized carbons (Fsp3) is 0.650. The first-order valence-electron chi connectivity index (χ1n) is 9.66. The van der Waals surface area contributed by atoms with Gasteiger partial charge in [-0.25, -0.2) is 0 Å². The molecule has 0 heterocycles. The number of methoxy groups -OCH3 is 1. The quantitative estimate of drug-likeness (QED) is 0.615. The number of hydrogen-bond acceptors (Lipinski definition) is 5. The van der Waals surface area contributed by atoms with Crippen molar-refractivity contribution in [3.8, 4) is 11.5 Å². The molecule has 0 saturated heterocycles. The summed E-state index contributed by atoms with van der Waals surface area (Å²) in [4.78, 5) is 14.9. The summed E-state index contributed by atoms with van der Waals surface area (Å²) in [6, 6.07) is 5.44. The first kappa shape index (κ1) is 26.8. The van der Waals surface area contributed by atoms with E-state index < -0.39 is 5.54 Å². The molecule has 1 aromatic rings. The van der Waals surface area contributed by atoms with Crippen LogP contribution in [0.25, 0.3) is 0 Å². The lowest BCUT2D eigenvalue weighted by atomic mass is 9.82. The fourth-order valence-electron chi connectivity index (χ4n) is 3.36. The van der Waals surface area contributed by atoms with E-state index in [9.17, 15) is 4.79 Å². The van der Waals surface area contributed by atoms with Crippen molar-refractivity contribution < 1.29 is 14.3 Å². The Morgan fingerprint density at radius 3 is 2.36 bits per heavy atom. The van der Waals surface area contributed by atoms with Crippen LogP contribution < -0.4 is 20.5 Å². The van der Waals surface area contributed by atoms with Crippen LogP contribution in [0, 0.1) is 0 Å². The Labute approximate surface area is 181 Å². The second-order valence-corrected chi connectivity index (χ2v) is 6.91. The lowest BCUT2D eigenvalue weighted by Gasteiger charge is -2.31. The van der Waals surface area contributed by atoms with Gasteiger partial charge in [0.05, 0.1) is 12.6 Å². The molecule has 0 spiro atoms. The molecule has 1 fully saturated rings. The first-order valence-corrected chi connectivity index (χ1v) is 9.66. The predicted octanol–water partition coefficient (Wildman–Crippen LogP) is 3.86. The normalized spacial score (nSPS) is 15.2. The Kier molecular flexibility index (Phi) is 12.5. The summed E-state index contributed by atoms with van der Waals surface area (Å²) in [7, 11) is 1.61. The van der Waals surface area contributed by atoms with Crippen LogP contribution in [0.2, 0.25) is 0 Å². The van der Waals surface area contributed by atoms with Crippen molar-refractivity contribution in [1.82, 2.24) is 4.90 Å². The van der Waals surface area contributed by atoms with Gasteiger partial charge in [0.15, 0.2) is 11.5 Å². The number of nitrogens with one attached hydrogen (secondary N) is 1. The van der Waals surface area contributed by atoms with E-state index in [1.807, 2.05) is 18.2 Å². The van der Waals surface area contributed by atoms with Gasteiger partial charge in [0.2, 0.25) is 5.91 Å². The van der Waals surface area contributed by atoms with Crippen molar-refractivity contribution in [2.24, 2.45) is 5.73 Å². The maximum Gasteiger partial charge on any atom is 0.244 e. The van der Waals surface area contributed by atoms with Crippen LogP contribution in [0.1, 0.15) is 46.0 Å². The highest BCUT2D eigenvalue weighted by Crippen LogP contribution is 2.32. The summed E-state index contributed by atoms with van der Waals surface area (Å²) >= 11 is 0. The SMILES string of the molecule is CCN(CC)CCOc1cc(NC(=O)C2(N)CCCCC2)ccc1OC.Cl.Cl. The van der Waals surface area contributed by atoms with E-state index in [4.69, 9.17) is 15.2 Å². The number of hydrogen-bond donors (Lipinski definition) is 2. The minimum absolute atomic E-state index is 0. The number of carbonyl (C=O) groups excluding carboxylic acids is 1. The number of halogens is 2. The second-order valence-electron chi connectivity index (χ2n) is 6.91. The molecular weight excluding hydrogens is 401 g/mol. The number of carbonyl (C=O) groups is 1. The van der Waals surface area contributed by atoms with E-state index in [2.05, 4.69) is 24.1 Å². The minimum atomic E-state index is -0.762. The lowest BCUT2D eigenvalue weighted by molar-refractivity contribution is -0.122. The summed E-state index contributed by atoms with van der Waals surface area (Å²) in [5.74, 6) is 1.17. The summed E-state index contributed by atoms with van der Waals surface area (Å²) in [6.07, 6.45) is 4.64. The van der Waals surface area contributed by atoms with Crippen molar-refractivity contribution in [2.45, 2.75) is 51.5 Å². The second kappa shape index (κ2) is 13.1. The first-order chi connectivity index (χ1) is 12.5. The van der Waals surface area contributed by atoms with Crippen LogP contribution in [-0.4, -0.2) is 49.7 Å². The third-order valence-electron chi connectivity index (χ3n) is 5.18. The monoisotopic (exact) mass is 435 g/mol. The van der Waals surface area contributed by atoms with Crippen molar-refractivity contribution in [2.75, 3.05) is 38.7 Å². The Morgan fingerprint density at radius 1 is 1.14 bits per heavy atom. The maximum atomic E-state index is 12.6. The van der Waals surface area contributed by atoms with Gasteiger partial charge in [-0.15, -0.1) is 24.8 Å². The van der Waals surface area contributed by atoms with Crippen LogP contribution in [0.15, 0.2) is 18.2 Å². The third kappa shape index (κ3) is 7.32. The topological polar surface area (TPSA) is 76.8 Å². The fourth-order valence-corrected chi connectivity index (χ4v) is 3.36. The molecule has 3 N–H and O–H groups in total. The van der Waals surface area contributed by atoms with Crippen LogP contribution >= 0.6 is 24.8 Å². The highest BCUT2D eigenvalue weighted by atomic mass is 35.5. The maximum absolute atomic E-state index is 12.6. The molecule has 0 aliphatic heterocycles. The van der Waals surface area contributed by atoms with Crippen LogP contribution in [0.5, 0.6) is 11.5 Å². The number of nitrogens with zero attached hydrogens (tertiary/aromatic N) is 1. The number of ether oxygens (including phenoxy) is 2. The number of likely N-dealkylation sites (N-methyl/N-ethyl adjacent to an activating group) is 1. The number of anilines is 1. The zero-order valence-corrected chi connectivity index (χ0v) is 18.8. The highest BCUT2D eigenvalue weighted by Gasteiger charge is 2.35. The molecule has 0 unspecified atom stereocenters. The number of rotatable bonds is 9. The molecule has 6 nitrogen and oxygen atoms in total. The van der Waals surface area contributed by atoms with E-state index >= 15 is 0 Å². The van der Waals surface area contributed by atoms with Crippen LogP contribution in [0.3, 0.4) is 0 Å². The largest absolute Gasteiger partial charge is 0.493 e. The van der Waals surface area contributed by atoms with Crippen molar-refractivity contribution >= 4 is 36.4 Å². The van der Waals surface area contributed by atoms with Gasteiger partial charge in [-0.2, -0.15) is 0 Å². The number of amides is 1. The standard InChI is InChI=1S/C20H33N3O3.2ClH/c1-4-23(5-2)13-14-26-18-15-16(9-10-17(18)25-3)22-19(24)20(21)11-7-6-8-12-20;;/h9-10,15H,4-8,11-14,21H2,1-3H3,(H,22,24);2*1H. The molecule has 162 valence electrons. The smallest absolute Gasteiger partial charge is 0.244 e. The van der Waals surface area contributed by atoms with Gasteiger partial charge in [0.25, 0.3) is 0 Å². The third-order valence-corrected chi connectivity index (χ3v) is 5.18. The Balaban J connectivity index is 0.00000364. The summed E-state index contributed by atoms with van der Waals surface area (Å²) in [5.41, 5.74) is 6.24. The Bertz CT molecular complexity index is 592. The minimum Gasteiger partial charge on any atom is -0.493 e. The van der Waals surface area contributed by atoms with E-state index in [1.54, 1.807) is 7.11 Å². The highest BCUT2D eigenvalue weighted by molar-refractivity contribution is 5.98. The van der Waals surface area contributed by atoms with Crippen LogP contribution in [-0.2, 0) is 4.79 Å². The molecule has 2 rings (SSSR count). The molecule has 0 bridgehead atoms. The molecule has 8 heteroatoms. The summed E-state index contributed by atoms with van der Waals surface area (Å²) in [5, 5.41) is 2.96. The zero-order chi connectivity index (χ0) is 19.0. The van der Waals surface area contributed by atoms with Gasteiger partial charge in [0, 0.05) is 18.3 Å². The van der Waals surface area contributed by atoms with Gasteiger partial charge < -0.3 is 25.4 Å². The molecule has 0 radical (unpaired) electrons. The molecule has 1 aliphatic carbocycles. The van der Waals surface area contributed by atoms with Gasteiger partial charge in [-0.3, -0.25) is 4.79 Å². The molecule has 1 amide bonds. The van der Waals surface area contributed by atoms with E-state index in [0.717, 1.165) is 51.7 Å². The van der Waals surface area contributed by atoms with E-state index in [0.29, 0.717) is 23.8 Å². The van der Waals surface area contributed by atoms with E-state index in [1.165, 1.54) is 0 Å². The molecule has 0 aromatic heterocycles. The van der Waals surface area contributed by atoms with Gasteiger partial charge >= 0.3 is 0 Å². The number of benzene rings is 1. The van der Waals surface area contributed by atoms with Gasteiger partial charge in [-0.05, 0) is 38.1 Å². The van der Waals surface area contributed by atoms with Crippen molar-refractivity contribution in [3.05, 3.63) is 18.2 Å². The number of nitrogens with two attached hydrogens (primary N) is 1. The van der Waals surface area contributed by atoms with Gasteiger partial charge in [0.1, 0.15) is 6.61 Å². The molecule has 0 atom stereocenters. The average molecular weight is 436 g/mol. The van der Waals surface area contributed by atoms with Crippen LogP contribution in [0.4, 0.5) is 5.69 Å². The summed E-state index contributed by atoms with van der Waals surface area (Å²) in [6.45, 7) is 7.66. The molecule has 1 aromatic carbocycles. The zero-order valence-electron chi connectivity index (χ0n) is 17.2. The Hall–Kier alpha value is -1.21. The molecule has 1 saturated carbocycles.